The highest BCUT2D eigenvalue weighted by molar-refractivity contribution is 6.12. The molecule has 10 nitrogen and oxygen atoms in total. The van der Waals surface area contributed by atoms with Gasteiger partial charge in [-0.3, -0.25) is 14.4 Å². The number of carbonyl (C=O) groups is 3. The summed E-state index contributed by atoms with van der Waals surface area (Å²) in [6.45, 7) is 1.50. The second kappa shape index (κ2) is 13.2. The summed E-state index contributed by atoms with van der Waals surface area (Å²) in [4.78, 5) is 45.5. The second-order valence-electron chi connectivity index (χ2n) is 9.01. The van der Waals surface area contributed by atoms with Crippen molar-refractivity contribution >= 4 is 17.7 Å². The lowest BCUT2D eigenvalue weighted by Gasteiger charge is -2.36. The summed E-state index contributed by atoms with van der Waals surface area (Å²) in [5.74, 6) is 3.97. The fourth-order valence-electron chi connectivity index (χ4n) is 3.81. The molecule has 2 unspecified atom stereocenters. The van der Waals surface area contributed by atoms with E-state index in [0.717, 1.165) is 17.7 Å². The minimum absolute atomic E-state index is 0.264. The Hall–Kier alpha value is -3.75. The van der Waals surface area contributed by atoms with E-state index in [0.29, 0.717) is 29.7 Å². The molecular formula is C28H33N3O7. The number of rotatable bonds is 8. The van der Waals surface area contributed by atoms with Crippen LogP contribution in [0.15, 0.2) is 48.5 Å². The van der Waals surface area contributed by atoms with E-state index in [-0.39, 0.29) is 12.2 Å². The monoisotopic (exact) mass is 523 g/mol. The van der Waals surface area contributed by atoms with Crippen molar-refractivity contribution in [2.75, 3.05) is 27.3 Å². The van der Waals surface area contributed by atoms with Crippen LogP contribution in [0.25, 0.3) is 0 Å². The Labute approximate surface area is 221 Å². The number of likely N-dealkylation sites (N-methyl/N-ethyl adjacent to an activating group) is 2. The van der Waals surface area contributed by atoms with Crippen LogP contribution in [0.5, 0.6) is 0 Å². The number of ether oxygens (including phenoxy) is 1. The molecule has 2 aromatic carbocycles. The Morgan fingerprint density at radius 1 is 1.08 bits per heavy atom. The molecule has 0 radical (unpaired) electrons. The zero-order valence-electron chi connectivity index (χ0n) is 21.7. The molecule has 1 heterocycles. The maximum Gasteiger partial charge on any atom is 0.279 e. The summed E-state index contributed by atoms with van der Waals surface area (Å²) in [6, 6.07) is 13.3. The van der Waals surface area contributed by atoms with Crippen molar-refractivity contribution in [3.63, 3.8) is 0 Å². The van der Waals surface area contributed by atoms with Crippen molar-refractivity contribution in [2.24, 2.45) is 0 Å². The third-order valence-electron chi connectivity index (χ3n) is 6.46. The van der Waals surface area contributed by atoms with E-state index in [1.165, 1.54) is 21.0 Å². The van der Waals surface area contributed by atoms with E-state index >= 15 is 0 Å². The first-order valence-electron chi connectivity index (χ1n) is 12.3. The standard InChI is InChI=1S/C28H33N3O7/c1-28(26(35)29-2,27(36)30-38-24-6-4-5-17-37-24)31(3)25(34)22-15-11-20(12-16-22)8-7-19-9-13-21(14-10-19)23(33)18-32/h9-16,23-24,32-33H,4-6,17-18H2,1-3H3,(H,29,35)(H,30,36)/t23?,24?,28-/m0/s1. The summed E-state index contributed by atoms with van der Waals surface area (Å²) < 4.78 is 5.44. The maximum absolute atomic E-state index is 13.3. The van der Waals surface area contributed by atoms with E-state index in [2.05, 4.69) is 22.6 Å². The second-order valence-corrected chi connectivity index (χ2v) is 9.01. The molecule has 1 aliphatic heterocycles. The Balaban J connectivity index is 1.71. The van der Waals surface area contributed by atoms with Crippen molar-refractivity contribution in [1.82, 2.24) is 15.7 Å². The van der Waals surface area contributed by atoms with Crippen LogP contribution in [-0.4, -0.2) is 72.0 Å². The molecule has 10 heteroatoms. The molecule has 3 amide bonds. The van der Waals surface area contributed by atoms with Gasteiger partial charge in [0.1, 0.15) is 6.10 Å². The van der Waals surface area contributed by atoms with E-state index in [9.17, 15) is 19.5 Å². The Bertz CT molecular complexity index is 1180. The first kappa shape index (κ1) is 28.8. The summed E-state index contributed by atoms with van der Waals surface area (Å²) in [5.41, 5.74) is 2.61. The van der Waals surface area contributed by atoms with Crippen molar-refractivity contribution in [3.05, 3.63) is 70.8 Å². The highest BCUT2D eigenvalue weighted by Crippen LogP contribution is 2.20. The molecule has 3 rings (SSSR count). The molecule has 1 saturated heterocycles. The Morgan fingerprint density at radius 2 is 1.68 bits per heavy atom. The van der Waals surface area contributed by atoms with Crippen molar-refractivity contribution in [2.45, 2.75) is 44.1 Å². The highest BCUT2D eigenvalue weighted by Gasteiger charge is 2.47. The molecule has 202 valence electrons. The van der Waals surface area contributed by atoms with Gasteiger partial charge < -0.3 is 25.2 Å². The van der Waals surface area contributed by atoms with Gasteiger partial charge in [-0.05, 0) is 61.7 Å². The number of aliphatic hydroxyl groups is 2. The van der Waals surface area contributed by atoms with Crippen LogP contribution < -0.4 is 10.8 Å². The number of nitrogens with zero attached hydrogens (tertiary/aromatic N) is 1. The van der Waals surface area contributed by atoms with Gasteiger partial charge in [-0.25, -0.2) is 10.3 Å². The number of hydrogen-bond acceptors (Lipinski definition) is 7. The van der Waals surface area contributed by atoms with E-state index in [1.807, 2.05) is 0 Å². The predicted octanol–water partition coefficient (Wildman–Crippen LogP) is 1.26. The van der Waals surface area contributed by atoms with E-state index < -0.39 is 35.7 Å². The van der Waals surface area contributed by atoms with Crippen LogP contribution in [0.4, 0.5) is 0 Å². The van der Waals surface area contributed by atoms with Crippen LogP contribution >= 0.6 is 0 Å². The van der Waals surface area contributed by atoms with Gasteiger partial charge in [0.05, 0.1) is 6.61 Å². The highest BCUT2D eigenvalue weighted by atomic mass is 16.8. The van der Waals surface area contributed by atoms with Crippen LogP contribution in [0.2, 0.25) is 0 Å². The number of carbonyl (C=O) groups excluding carboxylic acids is 3. The lowest BCUT2D eigenvalue weighted by molar-refractivity contribution is -0.204. The topological polar surface area (TPSA) is 137 Å². The molecule has 0 aromatic heterocycles. The molecule has 0 saturated carbocycles. The molecular weight excluding hydrogens is 490 g/mol. The fraction of sp³-hybridized carbons (Fsp3) is 0.393. The zero-order valence-corrected chi connectivity index (χ0v) is 21.7. The first-order chi connectivity index (χ1) is 18.2. The summed E-state index contributed by atoms with van der Waals surface area (Å²) in [5, 5.41) is 21.1. The van der Waals surface area contributed by atoms with Crippen molar-refractivity contribution in [3.8, 4) is 11.8 Å². The van der Waals surface area contributed by atoms with Gasteiger partial charge in [-0.2, -0.15) is 0 Å². The van der Waals surface area contributed by atoms with Gasteiger partial charge in [0.15, 0.2) is 11.8 Å². The number of hydrogen-bond donors (Lipinski definition) is 4. The molecule has 0 bridgehead atoms. The Kier molecular flexibility index (Phi) is 9.98. The summed E-state index contributed by atoms with van der Waals surface area (Å²) in [6.07, 6.45) is 0.873. The van der Waals surface area contributed by atoms with Crippen LogP contribution in [0, 0.1) is 11.8 Å². The normalized spacial score (nSPS) is 17.2. The third-order valence-corrected chi connectivity index (χ3v) is 6.46. The third kappa shape index (κ3) is 6.76. The predicted molar refractivity (Wildman–Crippen MR) is 138 cm³/mol. The number of amides is 3. The van der Waals surface area contributed by atoms with Gasteiger partial charge in [0.2, 0.25) is 0 Å². The lowest BCUT2D eigenvalue weighted by atomic mass is 9.96. The minimum atomic E-state index is -1.89. The van der Waals surface area contributed by atoms with Gasteiger partial charge in [0, 0.05) is 43.8 Å². The number of aliphatic hydroxyl groups excluding tert-OH is 2. The zero-order chi connectivity index (χ0) is 27.7. The quantitative estimate of drug-likeness (QED) is 0.232. The van der Waals surface area contributed by atoms with Gasteiger partial charge in [-0.1, -0.05) is 24.0 Å². The SMILES string of the molecule is CNC(=O)[C@@](C)(C(=O)NOC1CCCCO1)N(C)C(=O)c1ccc(C#Cc2ccc(C(O)CO)cc2)cc1. The van der Waals surface area contributed by atoms with E-state index in [4.69, 9.17) is 14.7 Å². The molecule has 1 aliphatic rings. The molecule has 0 spiro atoms. The van der Waals surface area contributed by atoms with E-state index in [1.54, 1.807) is 48.5 Å². The number of benzene rings is 2. The van der Waals surface area contributed by atoms with Crippen molar-refractivity contribution in [1.29, 1.82) is 0 Å². The van der Waals surface area contributed by atoms with Gasteiger partial charge >= 0.3 is 0 Å². The number of nitrogens with one attached hydrogen (secondary N) is 2. The minimum Gasteiger partial charge on any atom is -0.393 e. The van der Waals surface area contributed by atoms with Gasteiger partial charge in [0.25, 0.3) is 17.7 Å². The van der Waals surface area contributed by atoms with Crippen LogP contribution in [0.1, 0.15) is 59.3 Å². The average Bonchev–Trinajstić information content (AvgIpc) is 2.97. The molecule has 4 N–H and O–H groups in total. The molecule has 0 aliphatic carbocycles. The smallest absolute Gasteiger partial charge is 0.279 e. The van der Waals surface area contributed by atoms with Crippen LogP contribution in [-0.2, 0) is 19.2 Å². The maximum atomic E-state index is 13.3. The molecule has 1 fully saturated rings. The van der Waals surface area contributed by atoms with Gasteiger partial charge in [-0.15, -0.1) is 0 Å². The molecule has 38 heavy (non-hydrogen) atoms. The number of hydroxylamine groups is 1. The average molecular weight is 524 g/mol. The largest absolute Gasteiger partial charge is 0.393 e. The Morgan fingerprint density at radius 3 is 2.21 bits per heavy atom. The summed E-state index contributed by atoms with van der Waals surface area (Å²) in [7, 11) is 2.76. The lowest BCUT2D eigenvalue weighted by Crippen LogP contribution is -2.65. The fourth-order valence-corrected chi connectivity index (χ4v) is 3.81. The van der Waals surface area contributed by atoms with Crippen molar-refractivity contribution < 1.29 is 34.2 Å². The summed E-state index contributed by atoms with van der Waals surface area (Å²) >= 11 is 0. The molecule has 2 aromatic rings. The first-order valence-corrected chi connectivity index (χ1v) is 12.3. The van der Waals surface area contributed by atoms with Crippen LogP contribution in [0.3, 0.4) is 0 Å². The molecule has 3 atom stereocenters.